The Balaban J connectivity index is 1.42. The number of aromatic nitrogens is 2. The van der Waals surface area contributed by atoms with Gasteiger partial charge in [0.1, 0.15) is 0 Å². The van der Waals surface area contributed by atoms with Crippen molar-refractivity contribution >= 4 is 23.5 Å². The van der Waals surface area contributed by atoms with E-state index in [-0.39, 0.29) is 28.9 Å². The summed E-state index contributed by atoms with van der Waals surface area (Å²) in [6, 6.07) is -0.608. The number of carbonyl (C=O) groups is 2. The zero-order chi connectivity index (χ0) is 21.5. The van der Waals surface area contributed by atoms with Crippen LogP contribution in [0, 0.1) is 29.1 Å². The summed E-state index contributed by atoms with van der Waals surface area (Å²) >= 11 is 1.43. The van der Waals surface area contributed by atoms with Gasteiger partial charge in [0.25, 0.3) is 11.1 Å². The van der Waals surface area contributed by atoms with Crippen LogP contribution in [0.5, 0.6) is 0 Å². The largest absolute Gasteiger partial charge is 0.408 e. The molecule has 4 saturated carbocycles. The predicted molar refractivity (Wildman–Crippen MR) is 116 cm³/mol. The summed E-state index contributed by atoms with van der Waals surface area (Å²) in [6.45, 7) is 8.17. The average molecular weight is 434 g/mol. The molecular weight excluding hydrogens is 398 g/mol. The fourth-order valence-corrected chi connectivity index (χ4v) is 7.12. The zero-order valence-corrected chi connectivity index (χ0v) is 19.5. The summed E-state index contributed by atoms with van der Waals surface area (Å²) < 4.78 is 5.57. The van der Waals surface area contributed by atoms with Crippen LogP contribution in [-0.2, 0) is 4.79 Å². The maximum Gasteiger partial charge on any atom is 0.286 e. The molecular formula is C23H35N3O3S. The van der Waals surface area contributed by atoms with Crippen LogP contribution in [0.25, 0.3) is 0 Å². The van der Waals surface area contributed by atoms with E-state index in [1.54, 1.807) is 0 Å². The van der Waals surface area contributed by atoms with Crippen LogP contribution in [0.1, 0.15) is 89.7 Å². The Morgan fingerprint density at radius 2 is 1.67 bits per heavy atom. The molecule has 0 saturated heterocycles. The van der Waals surface area contributed by atoms with Crippen molar-refractivity contribution < 1.29 is 14.0 Å². The second kappa shape index (κ2) is 8.64. The fraction of sp³-hybridized carbons (Fsp3) is 0.826. The van der Waals surface area contributed by atoms with E-state index < -0.39 is 6.04 Å². The van der Waals surface area contributed by atoms with Crippen molar-refractivity contribution in [3.05, 3.63) is 5.89 Å². The lowest BCUT2D eigenvalue weighted by Gasteiger charge is -2.56. The number of Topliss-reactive ketones (excluding diaryl/α,β-unsaturated/α-hetero) is 1. The summed E-state index contributed by atoms with van der Waals surface area (Å²) in [5.41, 5.74) is 0.163. The Hall–Kier alpha value is -1.37. The number of nitrogens with one attached hydrogen (secondary N) is 1. The van der Waals surface area contributed by atoms with E-state index in [2.05, 4.69) is 29.4 Å². The molecule has 30 heavy (non-hydrogen) atoms. The van der Waals surface area contributed by atoms with Crippen LogP contribution in [0.15, 0.2) is 9.64 Å². The molecule has 1 unspecified atom stereocenters. The molecule has 4 fully saturated rings. The van der Waals surface area contributed by atoms with Gasteiger partial charge < -0.3 is 9.73 Å². The molecule has 1 N–H and O–H groups in total. The molecule has 1 heterocycles. The van der Waals surface area contributed by atoms with Gasteiger partial charge >= 0.3 is 0 Å². The molecule has 1 aromatic heterocycles. The van der Waals surface area contributed by atoms with Crippen molar-refractivity contribution in [3.63, 3.8) is 0 Å². The van der Waals surface area contributed by atoms with Crippen molar-refractivity contribution in [2.45, 2.75) is 95.6 Å². The molecule has 4 bridgehead atoms. The molecule has 1 atom stereocenters. The SMILES string of the molecule is CC(C)CC(NC(=O)CC12CC3CC(CC(C3)C1)C2)C(=O)c1nnc(SC(C)C)o1. The molecule has 7 heteroatoms. The fourth-order valence-electron chi connectivity index (χ4n) is 6.50. The molecule has 6 nitrogen and oxygen atoms in total. The molecule has 0 aromatic carbocycles. The van der Waals surface area contributed by atoms with Gasteiger partial charge in [-0.15, -0.1) is 10.2 Å². The molecule has 4 aliphatic carbocycles. The molecule has 1 aromatic rings. The summed E-state index contributed by atoms with van der Waals surface area (Å²) in [6.07, 6.45) is 8.78. The van der Waals surface area contributed by atoms with E-state index in [0.717, 1.165) is 17.8 Å². The Morgan fingerprint density at radius 1 is 1.07 bits per heavy atom. The smallest absolute Gasteiger partial charge is 0.286 e. The van der Waals surface area contributed by atoms with E-state index >= 15 is 0 Å². The lowest BCUT2D eigenvalue weighted by molar-refractivity contribution is -0.130. The first-order valence-electron chi connectivity index (χ1n) is 11.5. The van der Waals surface area contributed by atoms with Crippen LogP contribution >= 0.6 is 11.8 Å². The van der Waals surface area contributed by atoms with Crippen LogP contribution in [0.2, 0.25) is 0 Å². The topological polar surface area (TPSA) is 85.1 Å². The number of hydrogen-bond acceptors (Lipinski definition) is 6. The van der Waals surface area contributed by atoms with Crippen LogP contribution < -0.4 is 5.32 Å². The predicted octanol–water partition coefficient (Wildman–Crippen LogP) is 4.89. The van der Waals surface area contributed by atoms with Crippen molar-refractivity contribution in [1.29, 1.82) is 0 Å². The monoisotopic (exact) mass is 433 g/mol. The summed E-state index contributed by atoms with van der Waals surface area (Å²) in [5, 5.41) is 11.7. The Morgan fingerprint density at radius 3 is 2.20 bits per heavy atom. The lowest BCUT2D eigenvalue weighted by Crippen LogP contribution is -2.49. The van der Waals surface area contributed by atoms with Gasteiger partial charge in [-0.05, 0) is 74.0 Å². The highest BCUT2D eigenvalue weighted by Gasteiger charge is 2.51. The highest BCUT2D eigenvalue weighted by molar-refractivity contribution is 7.99. The normalized spacial score (nSPS) is 30.8. The minimum absolute atomic E-state index is 0.00101. The van der Waals surface area contributed by atoms with Gasteiger partial charge in [0.15, 0.2) is 0 Å². The summed E-state index contributed by atoms with van der Waals surface area (Å²) in [5.74, 6) is 2.44. The number of carbonyl (C=O) groups excluding carboxylic acids is 2. The Labute approximate surface area is 183 Å². The zero-order valence-electron chi connectivity index (χ0n) is 18.6. The third-order valence-electron chi connectivity index (χ3n) is 7.01. The van der Waals surface area contributed by atoms with Crippen molar-refractivity contribution in [1.82, 2.24) is 15.5 Å². The maximum atomic E-state index is 13.1. The highest BCUT2D eigenvalue weighted by Crippen LogP contribution is 2.61. The van der Waals surface area contributed by atoms with Gasteiger partial charge in [0.2, 0.25) is 11.7 Å². The molecule has 5 rings (SSSR count). The number of amides is 1. The van der Waals surface area contributed by atoms with E-state index in [9.17, 15) is 9.59 Å². The first kappa shape index (κ1) is 21.8. The molecule has 0 spiro atoms. The molecule has 4 aliphatic rings. The van der Waals surface area contributed by atoms with Crippen molar-refractivity contribution in [2.24, 2.45) is 29.1 Å². The Kier molecular flexibility index (Phi) is 6.29. The maximum absolute atomic E-state index is 13.1. The third kappa shape index (κ3) is 4.92. The quantitative estimate of drug-likeness (QED) is 0.441. The number of rotatable bonds is 9. The van der Waals surface area contributed by atoms with Crippen LogP contribution in [0.3, 0.4) is 0 Å². The van der Waals surface area contributed by atoms with Gasteiger partial charge in [-0.25, -0.2) is 0 Å². The van der Waals surface area contributed by atoms with Crippen molar-refractivity contribution in [2.75, 3.05) is 0 Å². The number of thioether (sulfide) groups is 1. The van der Waals surface area contributed by atoms with Gasteiger partial charge in [-0.3, -0.25) is 9.59 Å². The first-order chi connectivity index (χ1) is 14.2. The second-order valence-electron chi connectivity index (χ2n) is 10.7. The number of ketones is 1. The summed E-state index contributed by atoms with van der Waals surface area (Å²) in [4.78, 5) is 26.1. The highest BCUT2D eigenvalue weighted by atomic mass is 32.2. The molecule has 166 valence electrons. The van der Waals surface area contributed by atoms with E-state index in [0.29, 0.717) is 23.3 Å². The Bertz CT molecular complexity index is 753. The minimum Gasteiger partial charge on any atom is -0.408 e. The summed E-state index contributed by atoms with van der Waals surface area (Å²) in [7, 11) is 0. The van der Waals surface area contributed by atoms with Crippen LogP contribution in [0.4, 0.5) is 0 Å². The van der Waals surface area contributed by atoms with E-state index in [1.165, 1.54) is 50.3 Å². The van der Waals surface area contributed by atoms with Gasteiger partial charge in [0.05, 0.1) is 6.04 Å². The van der Waals surface area contributed by atoms with Gasteiger partial charge in [-0.1, -0.05) is 39.5 Å². The first-order valence-corrected chi connectivity index (χ1v) is 12.4. The van der Waals surface area contributed by atoms with Gasteiger partial charge in [0, 0.05) is 11.7 Å². The van der Waals surface area contributed by atoms with E-state index in [4.69, 9.17) is 4.42 Å². The average Bonchev–Trinajstić information content (AvgIpc) is 3.06. The lowest BCUT2D eigenvalue weighted by atomic mass is 9.49. The van der Waals surface area contributed by atoms with Gasteiger partial charge in [-0.2, -0.15) is 0 Å². The standard InChI is InChI=1S/C23H35N3O3S/c1-13(2)5-18(20(28)21-25-26-22(29-21)30-14(3)4)24-19(27)12-23-9-15-6-16(10-23)8-17(7-15)11-23/h13-18H,5-12H2,1-4H3,(H,24,27). The van der Waals surface area contributed by atoms with Crippen LogP contribution in [-0.4, -0.2) is 33.2 Å². The number of nitrogens with zero attached hydrogens (tertiary/aromatic N) is 2. The van der Waals surface area contributed by atoms with E-state index in [1.807, 2.05) is 13.8 Å². The van der Waals surface area contributed by atoms with Crippen molar-refractivity contribution in [3.8, 4) is 0 Å². The third-order valence-corrected chi connectivity index (χ3v) is 7.85. The second-order valence-corrected chi connectivity index (χ2v) is 12.3. The molecule has 0 aliphatic heterocycles. The number of hydrogen-bond donors (Lipinski definition) is 1. The molecule has 1 amide bonds. The minimum atomic E-state index is -0.608. The molecule has 0 radical (unpaired) electrons.